The lowest BCUT2D eigenvalue weighted by atomic mass is 10.5. The van der Waals surface area contributed by atoms with Crippen molar-refractivity contribution in [1.82, 2.24) is 5.32 Å². The van der Waals surface area contributed by atoms with E-state index in [4.69, 9.17) is 0 Å². The summed E-state index contributed by atoms with van der Waals surface area (Å²) in [5.41, 5.74) is 0. The van der Waals surface area contributed by atoms with Crippen molar-refractivity contribution >= 4 is 28.7 Å². The molecule has 1 heterocycles. The van der Waals surface area contributed by atoms with E-state index in [9.17, 15) is 0 Å². The van der Waals surface area contributed by atoms with E-state index in [0.717, 1.165) is 18.3 Å². The van der Waals surface area contributed by atoms with Gasteiger partial charge in [-0.3, -0.25) is 4.99 Å². The normalized spacial score (nSPS) is 22.5. The van der Waals surface area contributed by atoms with Crippen molar-refractivity contribution < 1.29 is 0 Å². The van der Waals surface area contributed by atoms with Gasteiger partial charge in [-0.2, -0.15) is 11.8 Å². The van der Waals surface area contributed by atoms with Gasteiger partial charge in [-0.15, -0.1) is 0 Å². The van der Waals surface area contributed by atoms with Crippen molar-refractivity contribution in [3.8, 4) is 0 Å². The van der Waals surface area contributed by atoms with Crippen LogP contribution in [0.2, 0.25) is 0 Å². The van der Waals surface area contributed by atoms with E-state index in [1.807, 2.05) is 23.5 Å². The fourth-order valence-electron chi connectivity index (χ4n) is 0.986. The number of amidine groups is 1. The Hall–Kier alpha value is 0.170. The van der Waals surface area contributed by atoms with Crippen molar-refractivity contribution in [2.24, 2.45) is 4.99 Å². The Morgan fingerprint density at radius 1 is 1.75 bits per heavy atom. The van der Waals surface area contributed by atoms with Crippen LogP contribution in [0.4, 0.5) is 0 Å². The fourth-order valence-corrected chi connectivity index (χ4v) is 2.28. The number of hydrogen-bond donors (Lipinski definition) is 1. The van der Waals surface area contributed by atoms with Crippen molar-refractivity contribution in [3.05, 3.63) is 0 Å². The highest BCUT2D eigenvalue weighted by Crippen LogP contribution is 2.18. The van der Waals surface area contributed by atoms with Crippen LogP contribution in [0.15, 0.2) is 4.99 Å². The molecule has 0 aromatic heterocycles. The zero-order valence-corrected chi connectivity index (χ0v) is 9.30. The van der Waals surface area contributed by atoms with E-state index in [-0.39, 0.29) is 0 Å². The molecule has 0 radical (unpaired) electrons. The lowest BCUT2D eigenvalue weighted by molar-refractivity contribution is 0.852. The molecule has 0 saturated carbocycles. The van der Waals surface area contributed by atoms with Crippen LogP contribution in [-0.4, -0.2) is 35.5 Å². The van der Waals surface area contributed by atoms with Gasteiger partial charge < -0.3 is 5.32 Å². The SMILES string of the molecule is CSCCCNC1=NCC(C)S1. The fraction of sp³-hybridized carbons (Fsp3) is 0.875. The van der Waals surface area contributed by atoms with Crippen molar-refractivity contribution in [2.45, 2.75) is 18.6 Å². The standard InChI is InChI=1S/C8H16N2S2/c1-7-6-10-8(12-7)9-4-3-5-11-2/h7H,3-6H2,1-2H3,(H,9,10). The van der Waals surface area contributed by atoms with Gasteiger partial charge in [0.2, 0.25) is 0 Å². The summed E-state index contributed by atoms with van der Waals surface area (Å²) in [6.45, 7) is 4.26. The Labute approximate surface area is 83.0 Å². The van der Waals surface area contributed by atoms with Gasteiger partial charge in [-0.25, -0.2) is 0 Å². The van der Waals surface area contributed by atoms with Crippen molar-refractivity contribution in [2.75, 3.05) is 25.1 Å². The molecule has 1 aliphatic heterocycles. The lowest BCUT2D eigenvalue weighted by Gasteiger charge is -2.04. The summed E-state index contributed by atoms with van der Waals surface area (Å²) in [4.78, 5) is 4.38. The third-order valence-electron chi connectivity index (χ3n) is 1.61. The van der Waals surface area contributed by atoms with Crippen LogP contribution in [0.1, 0.15) is 13.3 Å². The van der Waals surface area contributed by atoms with Crippen LogP contribution in [0, 0.1) is 0 Å². The highest BCUT2D eigenvalue weighted by Gasteiger charge is 2.13. The Morgan fingerprint density at radius 2 is 2.58 bits per heavy atom. The van der Waals surface area contributed by atoms with E-state index in [1.54, 1.807) is 0 Å². The van der Waals surface area contributed by atoms with Gasteiger partial charge in [-0.1, -0.05) is 18.7 Å². The number of aliphatic imine (C=N–C) groups is 1. The molecule has 0 aromatic rings. The van der Waals surface area contributed by atoms with Gasteiger partial charge in [0.15, 0.2) is 5.17 Å². The maximum atomic E-state index is 4.38. The number of nitrogens with zero attached hydrogens (tertiary/aromatic N) is 1. The highest BCUT2D eigenvalue weighted by molar-refractivity contribution is 8.14. The summed E-state index contributed by atoms with van der Waals surface area (Å²) in [6.07, 6.45) is 3.37. The second kappa shape index (κ2) is 5.75. The lowest BCUT2D eigenvalue weighted by Crippen LogP contribution is -2.20. The Bertz CT molecular complexity index is 159. The van der Waals surface area contributed by atoms with Gasteiger partial charge in [0.1, 0.15) is 0 Å². The van der Waals surface area contributed by atoms with Crippen LogP contribution in [0.3, 0.4) is 0 Å². The number of hydrogen-bond acceptors (Lipinski definition) is 4. The summed E-state index contributed by atoms with van der Waals surface area (Å²) in [7, 11) is 0. The summed E-state index contributed by atoms with van der Waals surface area (Å²) in [5, 5.41) is 5.16. The first-order valence-electron chi connectivity index (χ1n) is 4.27. The van der Waals surface area contributed by atoms with Gasteiger partial charge in [0, 0.05) is 11.8 Å². The molecule has 2 nitrogen and oxygen atoms in total. The number of nitrogens with one attached hydrogen (secondary N) is 1. The molecule has 70 valence electrons. The molecule has 0 spiro atoms. The van der Waals surface area contributed by atoms with Gasteiger partial charge >= 0.3 is 0 Å². The Morgan fingerprint density at radius 3 is 3.17 bits per heavy atom. The minimum Gasteiger partial charge on any atom is -0.365 e. The quantitative estimate of drug-likeness (QED) is 0.707. The second-order valence-electron chi connectivity index (χ2n) is 2.85. The maximum absolute atomic E-state index is 4.38. The van der Waals surface area contributed by atoms with Crippen LogP contribution in [0.5, 0.6) is 0 Å². The summed E-state index contributed by atoms with van der Waals surface area (Å²) in [5.74, 6) is 1.24. The predicted octanol–water partition coefficient (Wildman–Crippen LogP) is 1.82. The largest absolute Gasteiger partial charge is 0.365 e. The molecular formula is C8H16N2S2. The third-order valence-corrected chi connectivity index (χ3v) is 3.35. The van der Waals surface area contributed by atoms with Gasteiger partial charge in [-0.05, 0) is 18.4 Å². The molecule has 0 saturated heterocycles. The summed E-state index contributed by atoms with van der Waals surface area (Å²) in [6, 6.07) is 0. The maximum Gasteiger partial charge on any atom is 0.156 e. The van der Waals surface area contributed by atoms with Gasteiger partial charge in [0.25, 0.3) is 0 Å². The average Bonchev–Trinajstić information content (AvgIpc) is 2.45. The molecule has 0 aromatic carbocycles. The summed E-state index contributed by atoms with van der Waals surface area (Å²) < 4.78 is 0. The second-order valence-corrected chi connectivity index (χ2v) is 5.26. The molecule has 12 heavy (non-hydrogen) atoms. The molecule has 0 bridgehead atoms. The first kappa shape index (κ1) is 10.3. The molecule has 1 unspecified atom stereocenters. The zero-order valence-electron chi connectivity index (χ0n) is 7.67. The molecule has 0 amide bonds. The zero-order chi connectivity index (χ0) is 8.81. The molecule has 0 aliphatic carbocycles. The van der Waals surface area contributed by atoms with E-state index in [2.05, 4.69) is 23.5 Å². The Balaban J connectivity index is 2.00. The minimum absolute atomic E-state index is 0.674. The molecule has 1 atom stereocenters. The smallest absolute Gasteiger partial charge is 0.156 e. The molecular weight excluding hydrogens is 188 g/mol. The number of rotatable bonds is 4. The summed E-state index contributed by atoms with van der Waals surface area (Å²) >= 11 is 3.75. The first-order chi connectivity index (χ1) is 5.83. The Kier molecular flexibility index (Phi) is 4.92. The van der Waals surface area contributed by atoms with Crippen LogP contribution in [0.25, 0.3) is 0 Å². The average molecular weight is 204 g/mol. The molecule has 4 heteroatoms. The minimum atomic E-state index is 0.674. The van der Waals surface area contributed by atoms with E-state index in [1.165, 1.54) is 12.2 Å². The molecule has 1 rings (SSSR count). The van der Waals surface area contributed by atoms with Crippen molar-refractivity contribution in [3.63, 3.8) is 0 Å². The van der Waals surface area contributed by atoms with Crippen LogP contribution >= 0.6 is 23.5 Å². The predicted molar refractivity (Wildman–Crippen MR) is 60.4 cm³/mol. The molecule has 0 fully saturated rings. The third kappa shape index (κ3) is 3.72. The first-order valence-corrected chi connectivity index (χ1v) is 6.54. The van der Waals surface area contributed by atoms with Gasteiger partial charge in [0.05, 0.1) is 6.54 Å². The van der Waals surface area contributed by atoms with Crippen LogP contribution in [-0.2, 0) is 0 Å². The van der Waals surface area contributed by atoms with E-state index >= 15 is 0 Å². The number of thioether (sulfide) groups is 2. The van der Waals surface area contributed by atoms with E-state index < -0.39 is 0 Å². The van der Waals surface area contributed by atoms with Crippen molar-refractivity contribution in [1.29, 1.82) is 0 Å². The topological polar surface area (TPSA) is 24.4 Å². The highest BCUT2D eigenvalue weighted by atomic mass is 32.2. The van der Waals surface area contributed by atoms with Crippen LogP contribution < -0.4 is 5.32 Å². The monoisotopic (exact) mass is 204 g/mol. The van der Waals surface area contributed by atoms with E-state index in [0.29, 0.717) is 5.25 Å². The molecule has 1 aliphatic rings. The molecule has 1 N–H and O–H groups in total.